The highest BCUT2D eigenvalue weighted by molar-refractivity contribution is 9.10. The molecule has 118 valence electrons. The van der Waals surface area contributed by atoms with Gasteiger partial charge in [0, 0.05) is 17.6 Å². The van der Waals surface area contributed by atoms with E-state index in [-0.39, 0.29) is 28.8 Å². The molecule has 1 aliphatic heterocycles. The summed E-state index contributed by atoms with van der Waals surface area (Å²) in [6, 6.07) is 2.98. The molecule has 0 radical (unpaired) electrons. The van der Waals surface area contributed by atoms with Gasteiger partial charge in [-0.3, -0.25) is 0 Å². The maximum atomic E-state index is 13.0. The van der Waals surface area contributed by atoms with E-state index in [1.807, 2.05) is 0 Å². The van der Waals surface area contributed by atoms with Gasteiger partial charge in [0.05, 0.1) is 10.8 Å². The van der Waals surface area contributed by atoms with Gasteiger partial charge in [-0.05, 0) is 47.0 Å². The van der Waals surface area contributed by atoms with Crippen LogP contribution in [0, 0.1) is 11.7 Å². The van der Waals surface area contributed by atoms with Crippen molar-refractivity contribution in [1.29, 1.82) is 0 Å². The zero-order valence-electron chi connectivity index (χ0n) is 10.7. The lowest BCUT2D eigenvalue weighted by Gasteiger charge is -2.33. The highest BCUT2D eigenvalue weighted by atomic mass is 79.9. The first-order chi connectivity index (χ1) is 9.62. The van der Waals surface area contributed by atoms with Crippen molar-refractivity contribution in [2.45, 2.75) is 23.9 Å². The van der Waals surface area contributed by atoms with Crippen molar-refractivity contribution in [3.8, 4) is 0 Å². The number of piperidine rings is 1. The molecular formula is C12H12BrF4NO2S. The van der Waals surface area contributed by atoms with Gasteiger partial charge < -0.3 is 0 Å². The monoisotopic (exact) mass is 389 g/mol. The molecule has 0 aromatic heterocycles. The molecule has 0 bridgehead atoms. The number of alkyl halides is 3. The van der Waals surface area contributed by atoms with E-state index < -0.39 is 34.5 Å². The molecule has 0 N–H and O–H groups in total. The number of sulfonamides is 1. The van der Waals surface area contributed by atoms with Gasteiger partial charge in [-0.15, -0.1) is 0 Å². The van der Waals surface area contributed by atoms with Gasteiger partial charge in [-0.1, -0.05) is 0 Å². The van der Waals surface area contributed by atoms with Crippen molar-refractivity contribution in [3.05, 3.63) is 28.5 Å². The van der Waals surface area contributed by atoms with Crippen LogP contribution in [0.25, 0.3) is 0 Å². The molecule has 9 heteroatoms. The summed E-state index contributed by atoms with van der Waals surface area (Å²) in [6.45, 7) is -0.575. The van der Waals surface area contributed by atoms with E-state index in [0.717, 1.165) is 22.5 Å². The second kappa shape index (κ2) is 5.85. The van der Waals surface area contributed by atoms with Crippen LogP contribution in [0.15, 0.2) is 27.6 Å². The quantitative estimate of drug-likeness (QED) is 0.725. The standard InChI is InChI=1S/C12H12BrF4NO2S/c13-10-6-9(14)3-4-11(10)21(19,20)18-5-1-2-8(7-18)12(15,16)17/h3-4,6,8H,1-2,5,7H2. The van der Waals surface area contributed by atoms with E-state index in [2.05, 4.69) is 15.9 Å². The topological polar surface area (TPSA) is 37.4 Å². The van der Waals surface area contributed by atoms with Crippen LogP contribution in [0.3, 0.4) is 0 Å². The number of benzene rings is 1. The Labute approximate surface area is 128 Å². The van der Waals surface area contributed by atoms with Crippen molar-refractivity contribution < 1.29 is 26.0 Å². The van der Waals surface area contributed by atoms with Crippen molar-refractivity contribution in [2.75, 3.05) is 13.1 Å². The molecule has 1 aromatic carbocycles. The minimum absolute atomic E-state index is 0.00312. The average molecular weight is 390 g/mol. The third-order valence-corrected chi connectivity index (χ3v) is 6.20. The van der Waals surface area contributed by atoms with Crippen LogP contribution in [0.1, 0.15) is 12.8 Å². The van der Waals surface area contributed by atoms with Crippen LogP contribution >= 0.6 is 15.9 Å². The van der Waals surface area contributed by atoms with Crippen LogP contribution in [-0.4, -0.2) is 32.0 Å². The third-order valence-electron chi connectivity index (χ3n) is 3.36. The summed E-state index contributed by atoms with van der Waals surface area (Å²) in [4.78, 5) is -0.230. The Bertz CT molecular complexity index is 633. The minimum atomic E-state index is -4.42. The number of halogens is 5. The molecule has 1 saturated heterocycles. The Kier molecular flexibility index (Phi) is 4.65. The van der Waals surface area contributed by atoms with Crippen LogP contribution in [0.2, 0.25) is 0 Å². The van der Waals surface area contributed by atoms with E-state index >= 15 is 0 Å². The first kappa shape index (κ1) is 16.7. The summed E-state index contributed by atoms with van der Waals surface area (Å²) in [7, 11) is -4.08. The van der Waals surface area contributed by atoms with E-state index in [1.54, 1.807) is 0 Å². The molecule has 0 saturated carbocycles. The Hall–Kier alpha value is -0.670. The first-order valence-corrected chi connectivity index (χ1v) is 8.37. The molecule has 3 nitrogen and oxygen atoms in total. The van der Waals surface area contributed by atoms with Gasteiger partial charge in [0.2, 0.25) is 10.0 Å². The highest BCUT2D eigenvalue weighted by Crippen LogP contribution is 2.36. The smallest absolute Gasteiger partial charge is 0.207 e. The SMILES string of the molecule is O=S(=O)(c1ccc(F)cc1Br)N1CCCC(C(F)(F)F)C1. The normalized spacial score (nSPS) is 21.5. The lowest BCUT2D eigenvalue weighted by atomic mass is 9.99. The first-order valence-electron chi connectivity index (χ1n) is 6.14. The summed E-state index contributed by atoms with van der Waals surface area (Å²) < 4.78 is 76.9. The minimum Gasteiger partial charge on any atom is -0.207 e. The van der Waals surface area contributed by atoms with Crippen LogP contribution in [0.5, 0.6) is 0 Å². The molecule has 1 unspecified atom stereocenters. The van der Waals surface area contributed by atoms with E-state index in [1.165, 1.54) is 0 Å². The van der Waals surface area contributed by atoms with Gasteiger partial charge in [0.1, 0.15) is 5.82 Å². The molecule has 21 heavy (non-hydrogen) atoms. The maximum absolute atomic E-state index is 13.0. The summed E-state index contributed by atoms with van der Waals surface area (Å²) in [5.41, 5.74) is 0. The number of hydrogen-bond donors (Lipinski definition) is 0. The number of rotatable bonds is 2. The van der Waals surface area contributed by atoms with E-state index in [9.17, 15) is 26.0 Å². The zero-order chi connectivity index (χ0) is 15.8. The molecule has 1 fully saturated rings. The van der Waals surface area contributed by atoms with Crippen molar-refractivity contribution in [3.63, 3.8) is 0 Å². The Morgan fingerprint density at radius 2 is 1.95 bits per heavy atom. The second-order valence-electron chi connectivity index (χ2n) is 4.82. The van der Waals surface area contributed by atoms with Crippen LogP contribution < -0.4 is 0 Å². The van der Waals surface area contributed by atoms with Crippen molar-refractivity contribution >= 4 is 26.0 Å². The number of hydrogen-bond acceptors (Lipinski definition) is 2. The molecule has 0 aliphatic carbocycles. The summed E-state index contributed by atoms with van der Waals surface area (Å²) >= 11 is 2.94. The zero-order valence-corrected chi connectivity index (χ0v) is 13.1. The van der Waals surface area contributed by atoms with Gasteiger partial charge in [-0.2, -0.15) is 17.5 Å². The van der Waals surface area contributed by atoms with Crippen LogP contribution in [0.4, 0.5) is 17.6 Å². The Morgan fingerprint density at radius 1 is 1.29 bits per heavy atom. The molecule has 1 aromatic rings. The lowest BCUT2D eigenvalue weighted by molar-refractivity contribution is -0.182. The summed E-state index contributed by atoms with van der Waals surface area (Å²) in [5.74, 6) is -2.30. The molecule has 1 atom stereocenters. The van der Waals surface area contributed by atoms with Crippen LogP contribution in [-0.2, 0) is 10.0 Å². The Balaban J connectivity index is 2.31. The molecule has 0 amide bonds. The van der Waals surface area contributed by atoms with Crippen molar-refractivity contribution in [2.24, 2.45) is 5.92 Å². The fourth-order valence-corrected chi connectivity index (χ4v) is 4.79. The van der Waals surface area contributed by atoms with Crippen molar-refractivity contribution in [1.82, 2.24) is 4.31 Å². The average Bonchev–Trinajstić information content (AvgIpc) is 2.37. The lowest BCUT2D eigenvalue weighted by Crippen LogP contribution is -2.44. The predicted molar refractivity (Wildman–Crippen MR) is 71.6 cm³/mol. The fourth-order valence-electron chi connectivity index (χ4n) is 2.25. The third kappa shape index (κ3) is 3.57. The van der Waals surface area contributed by atoms with E-state index in [4.69, 9.17) is 0 Å². The van der Waals surface area contributed by atoms with Gasteiger partial charge in [0.15, 0.2) is 0 Å². The summed E-state index contributed by atoms with van der Waals surface area (Å²) in [6.07, 6.45) is -4.36. The number of nitrogens with zero attached hydrogens (tertiary/aromatic N) is 1. The Morgan fingerprint density at radius 3 is 2.52 bits per heavy atom. The largest absolute Gasteiger partial charge is 0.393 e. The maximum Gasteiger partial charge on any atom is 0.393 e. The second-order valence-corrected chi connectivity index (χ2v) is 7.58. The molecule has 0 spiro atoms. The van der Waals surface area contributed by atoms with Gasteiger partial charge in [0.25, 0.3) is 0 Å². The molecule has 1 aliphatic rings. The molecular weight excluding hydrogens is 378 g/mol. The van der Waals surface area contributed by atoms with Gasteiger partial charge in [-0.25, -0.2) is 12.8 Å². The fraction of sp³-hybridized carbons (Fsp3) is 0.500. The van der Waals surface area contributed by atoms with E-state index in [0.29, 0.717) is 0 Å². The highest BCUT2D eigenvalue weighted by Gasteiger charge is 2.44. The molecule has 1 heterocycles. The predicted octanol–water partition coefficient (Wildman–Crippen LogP) is 3.55. The summed E-state index contributed by atoms with van der Waals surface area (Å²) in [5, 5.41) is 0. The molecule has 2 rings (SSSR count). The van der Waals surface area contributed by atoms with Gasteiger partial charge >= 0.3 is 6.18 Å².